The normalized spacial score (nSPS) is 23.5. The molecular formula is C13H29N3S. The topological polar surface area (TPSA) is 32.5 Å². The molecule has 1 aliphatic rings. The lowest BCUT2D eigenvalue weighted by Crippen LogP contribution is -2.44. The summed E-state index contributed by atoms with van der Waals surface area (Å²) in [7, 11) is 4.49. The molecule has 102 valence electrons. The Balaban J connectivity index is 2.29. The van der Waals surface area contributed by atoms with Gasteiger partial charge in [-0.3, -0.25) is 0 Å². The zero-order valence-electron chi connectivity index (χ0n) is 11.7. The van der Waals surface area contributed by atoms with Crippen LogP contribution < -0.4 is 5.73 Å². The van der Waals surface area contributed by atoms with Gasteiger partial charge in [-0.1, -0.05) is 0 Å². The Morgan fingerprint density at radius 1 is 1.53 bits per heavy atom. The van der Waals surface area contributed by atoms with E-state index in [-0.39, 0.29) is 0 Å². The Kier molecular flexibility index (Phi) is 7.51. The maximum Gasteiger partial charge on any atom is 0.0220 e. The van der Waals surface area contributed by atoms with Crippen LogP contribution in [-0.2, 0) is 0 Å². The summed E-state index contributed by atoms with van der Waals surface area (Å²) in [6, 6.07) is 1.31. The van der Waals surface area contributed by atoms with Crippen molar-refractivity contribution in [3.8, 4) is 0 Å². The van der Waals surface area contributed by atoms with E-state index in [1.807, 2.05) is 11.8 Å². The molecule has 0 aromatic carbocycles. The molecule has 0 spiro atoms. The van der Waals surface area contributed by atoms with E-state index < -0.39 is 0 Å². The number of likely N-dealkylation sites (N-methyl/N-ethyl adjacent to an activating group) is 2. The Morgan fingerprint density at radius 3 is 2.82 bits per heavy atom. The molecule has 0 aromatic heterocycles. The Labute approximate surface area is 111 Å². The predicted molar refractivity (Wildman–Crippen MR) is 78.7 cm³/mol. The Bertz CT molecular complexity index is 201. The van der Waals surface area contributed by atoms with E-state index in [0.29, 0.717) is 6.04 Å². The molecule has 0 aromatic rings. The summed E-state index contributed by atoms with van der Waals surface area (Å²) in [5.74, 6) is 1.26. The average Bonchev–Trinajstić information content (AvgIpc) is 2.70. The van der Waals surface area contributed by atoms with Gasteiger partial charge in [-0.05, 0) is 58.3 Å². The van der Waals surface area contributed by atoms with Gasteiger partial charge in [0.25, 0.3) is 0 Å². The first-order valence-electron chi connectivity index (χ1n) is 6.78. The predicted octanol–water partition coefficient (Wildman–Crippen LogP) is 1.48. The first-order valence-corrected chi connectivity index (χ1v) is 8.18. The quantitative estimate of drug-likeness (QED) is 0.669. The van der Waals surface area contributed by atoms with Gasteiger partial charge >= 0.3 is 0 Å². The molecule has 0 radical (unpaired) electrons. The summed E-state index contributed by atoms with van der Waals surface area (Å²) in [5, 5.41) is 0. The highest BCUT2D eigenvalue weighted by Gasteiger charge is 2.24. The fourth-order valence-corrected chi connectivity index (χ4v) is 3.13. The van der Waals surface area contributed by atoms with Crippen molar-refractivity contribution in [2.75, 3.05) is 45.7 Å². The summed E-state index contributed by atoms with van der Waals surface area (Å²) in [6.07, 6.45) is 7.41. The van der Waals surface area contributed by atoms with Crippen molar-refractivity contribution < 1.29 is 0 Å². The summed E-state index contributed by atoms with van der Waals surface area (Å²) < 4.78 is 0. The standard InChI is InChI=1S/C13H29N3S/c1-15-8-4-6-13(15)11-16(2)12(10-14)7-5-9-17-3/h12-13H,4-11,14H2,1-3H3. The van der Waals surface area contributed by atoms with Crippen LogP contribution in [0.1, 0.15) is 25.7 Å². The third-order valence-corrected chi connectivity index (χ3v) is 4.65. The van der Waals surface area contributed by atoms with E-state index in [0.717, 1.165) is 12.6 Å². The molecule has 1 aliphatic heterocycles. The number of nitrogens with zero attached hydrogens (tertiary/aromatic N) is 2. The average molecular weight is 259 g/mol. The SMILES string of the molecule is CSCCCC(CN)N(C)CC1CCCN1C. The van der Waals surface area contributed by atoms with Crippen LogP contribution >= 0.6 is 11.8 Å². The molecular weight excluding hydrogens is 230 g/mol. The van der Waals surface area contributed by atoms with Crippen LogP contribution in [0.25, 0.3) is 0 Å². The van der Waals surface area contributed by atoms with E-state index >= 15 is 0 Å². The molecule has 1 heterocycles. The molecule has 3 nitrogen and oxygen atoms in total. The Hall–Kier alpha value is 0.230. The van der Waals surface area contributed by atoms with Crippen molar-refractivity contribution in [1.29, 1.82) is 0 Å². The molecule has 2 N–H and O–H groups in total. The summed E-state index contributed by atoms with van der Waals surface area (Å²) in [4.78, 5) is 4.97. The third-order valence-electron chi connectivity index (χ3n) is 3.95. The minimum absolute atomic E-state index is 0.566. The van der Waals surface area contributed by atoms with Crippen LogP contribution in [0.3, 0.4) is 0 Å². The van der Waals surface area contributed by atoms with Gasteiger partial charge in [0.05, 0.1) is 0 Å². The number of thioether (sulfide) groups is 1. The fourth-order valence-electron chi connectivity index (χ4n) is 2.67. The molecule has 0 bridgehead atoms. The van der Waals surface area contributed by atoms with Crippen molar-refractivity contribution in [2.45, 2.75) is 37.8 Å². The number of rotatable bonds is 8. The highest BCUT2D eigenvalue weighted by molar-refractivity contribution is 7.98. The minimum Gasteiger partial charge on any atom is -0.329 e. The molecule has 2 atom stereocenters. The van der Waals surface area contributed by atoms with Crippen LogP contribution in [0.4, 0.5) is 0 Å². The van der Waals surface area contributed by atoms with Crippen molar-refractivity contribution in [1.82, 2.24) is 9.80 Å². The highest BCUT2D eigenvalue weighted by atomic mass is 32.2. The smallest absolute Gasteiger partial charge is 0.0220 e. The molecule has 17 heavy (non-hydrogen) atoms. The van der Waals surface area contributed by atoms with Crippen LogP contribution in [0, 0.1) is 0 Å². The Morgan fingerprint density at radius 2 is 2.29 bits per heavy atom. The molecule has 1 fully saturated rings. The molecule has 2 unspecified atom stereocenters. The van der Waals surface area contributed by atoms with Gasteiger partial charge in [-0.15, -0.1) is 0 Å². The van der Waals surface area contributed by atoms with Crippen molar-refractivity contribution >= 4 is 11.8 Å². The number of hydrogen-bond acceptors (Lipinski definition) is 4. The summed E-state index contributed by atoms with van der Waals surface area (Å²) in [6.45, 7) is 3.23. The van der Waals surface area contributed by atoms with Gasteiger partial charge in [0, 0.05) is 25.2 Å². The largest absolute Gasteiger partial charge is 0.329 e. The molecule has 0 saturated carbocycles. The molecule has 0 aliphatic carbocycles. The molecule has 4 heteroatoms. The zero-order chi connectivity index (χ0) is 12.7. The van der Waals surface area contributed by atoms with Crippen LogP contribution in [-0.4, -0.2) is 67.6 Å². The van der Waals surface area contributed by atoms with E-state index in [2.05, 4.69) is 30.2 Å². The lowest BCUT2D eigenvalue weighted by Gasteiger charge is -2.31. The molecule has 1 rings (SSSR count). The minimum atomic E-state index is 0.566. The first kappa shape index (κ1) is 15.3. The van der Waals surface area contributed by atoms with Crippen LogP contribution in [0.5, 0.6) is 0 Å². The van der Waals surface area contributed by atoms with Crippen LogP contribution in [0.15, 0.2) is 0 Å². The van der Waals surface area contributed by atoms with E-state index in [1.54, 1.807) is 0 Å². The van der Waals surface area contributed by atoms with Crippen molar-refractivity contribution in [3.05, 3.63) is 0 Å². The van der Waals surface area contributed by atoms with Gasteiger partial charge in [0.15, 0.2) is 0 Å². The highest BCUT2D eigenvalue weighted by Crippen LogP contribution is 2.17. The van der Waals surface area contributed by atoms with Crippen molar-refractivity contribution in [2.24, 2.45) is 5.73 Å². The maximum absolute atomic E-state index is 5.90. The van der Waals surface area contributed by atoms with Gasteiger partial charge in [0.2, 0.25) is 0 Å². The lowest BCUT2D eigenvalue weighted by atomic mass is 10.1. The van der Waals surface area contributed by atoms with Crippen molar-refractivity contribution in [3.63, 3.8) is 0 Å². The molecule has 0 amide bonds. The monoisotopic (exact) mass is 259 g/mol. The fraction of sp³-hybridized carbons (Fsp3) is 1.00. The second kappa shape index (κ2) is 8.35. The number of likely N-dealkylation sites (tertiary alicyclic amines) is 1. The van der Waals surface area contributed by atoms with Gasteiger partial charge in [-0.25, -0.2) is 0 Å². The van der Waals surface area contributed by atoms with E-state index in [1.165, 1.54) is 44.5 Å². The first-order chi connectivity index (χ1) is 8.19. The van der Waals surface area contributed by atoms with E-state index in [4.69, 9.17) is 5.73 Å². The van der Waals surface area contributed by atoms with E-state index in [9.17, 15) is 0 Å². The number of nitrogens with two attached hydrogens (primary N) is 1. The maximum atomic E-state index is 5.90. The van der Waals surface area contributed by atoms with Crippen LogP contribution in [0.2, 0.25) is 0 Å². The third kappa shape index (κ3) is 5.16. The van der Waals surface area contributed by atoms with Gasteiger partial charge < -0.3 is 15.5 Å². The lowest BCUT2D eigenvalue weighted by molar-refractivity contribution is 0.172. The summed E-state index contributed by atoms with van der Waals surface area (Å²) in [5.41, 5.74) is 5.90. The second-order valence-corrected chi connectivity index (χ2v) is 6.23. The zero-order valence-corrected chi connectivity index (χ0v) is 12.5. The van der Waals surface area contributed by atoms with Gasteiger partial charge in [-0.2, -0.15) is 11.8 Å². The molecule has 1 saturated heterocycles. The second-order valence-electron chi connectivity index (χ2n) is 5.24. The van der Waals surface area contributed by atoms with Gasteiger partial charge in [0.1, 0.15) is 0 Å². The number of hydrogen-bond donors (Lipinski definition) is 1. The summed E-state index contributed by atoms with van der Waals surface area (Å²) >= 11 is 1.93.